The second-order valence-electron chi connectivity index (χ2n) is 5.04. The van der Waals surface area contributed by atoms with E-state index in [9.17, 15) is 13.6 Å². The van der Waals surface area contributed by atoms with Crippen molar-refractivity contribution in [2.45, 2.75) is 5.75 Å². The molecule has 0 aliphatic carbocycles. The molecule has 0 atom stereocenters. The highest BCUT2D eigenvalue weighted by molar-refractivity contribution is 7.99. The Morgan fingerprint density at radius 2 is 1.96 bits per heavy atom. The summed E-state index contributed by atoms with van der Waals surface area (Å²) in [6.07, 6.45) is 0. The second-order valence-corrected chi connectivity index (χ2v) is 6.03. The number of thioether (sulfide) groups is 1. The van der Waals surface area contributed by atoms with E-state index in [1.165, 1.54) is 17.8 Å². The Morgan fingerprint density at radius 1 is 1.16 bits per heavy atom. The van der Waals surface area contributed by atoms with Crippen LogP contribution in [-0.4, -0.2) is 21.8 Å². The monoisotopic (exact) mass is 361 g/mol. The van der Waals surface area contributed by atoms with Gasteiger partial charge in [-0.3, -0.25) is 4.79 Å². The van der Waals surface area contributed by atoms with Crippen molar-refractivity contribution in [3.05, 3.63) is 66.1 Å². The number of halogens is 2. The summed E-state index contributed by atoms with van der Waals surface area (Å²) < 4.78 is 31.4. The summed E-state index contributed by atoms with van der Waals surface area (Å²) in [4.78, 5) is 16.1. The molecule has 128 valence electrons. The van der Waals surface area contributed by atoms with Crippen LogP contribution in [0, 0.1) is 11.6 Å². The van der Waals surface area contributed by atoms with Crippen LogP contribution in [0.5, 0.6) is 0 Å². The van der Waals surface area contributed by atoms with Crippen LogP contribution in [-0.2, 0) is 10.5 Å². The van der Waals surface area contributed by atoms with E-state index in [1.54, 1.807) is 0 Å². The predicted molar refractivity (Wildman–Crippen MR) is 90.9 cm³/mol. The lowest BCUT2D eigenvalue weighted by Gasteiger charge is -2.05. The zero-order chi connectivity index (χ0) is 17.6. The van der Waals surface area contributed by atoms with Gasteiger partial charge in [0.1, 0.15) is 11.6 Å². The van der Waals surface area contributed by atoms with Crippen molar-refractivity contribution in [1.82, 2.24) is 10.1 Å². The van der Waals surface area contributed by atoms with Gasteiger partial charge in [0, 0.05) is 11.6 Å². The molecule has 2 aromatic carbocycles. The number of amides is 1. The average molecular weight is 361 g/mol. The number of carbonyl (C=O) groups is 1. The van der Waals surface area contributed by atoms with E-state index in [0.717, 1.165) is 11.6 Å². The maximum absolute atomic E-state index is 13.5. The number of rotatable bonds is 6. The van der Waals surface area contributed by atoms with Crippen molar-refractivity contribution in [2.24, 2.45) is 0 Å². The first-order chi connectivity index (χ1) is 12.1. The Hall–Kier alpha value is -2.74. The van der Waals surface area contributed by atoms with Gasteiger partial charge in [-0.15, -0.1) is 11.8 Å². The van der Waals surface area contributed by atoms with E-state index in [0.29, 0.717) is 23.5 Å². The van der Waals surface area contributed by atoms with Crippen molar-refractivity contribution in [3.63, 3.8) is 0 Å². The molecule has 8 heteroatoms. The molecule has 0 radical (unpaired) electrons. The third-order valence-electron chi connectivity index (χ3n) is 3.16. The molecule has 0 bridgehead atoms. The molecule has 3 rings (SSSR count). The highest BCUT2D eigenvalue weighted by Crippen LogP contribution is 2.19. The number of nitrogens with one attached hydrogen (secondary N) is 1. The van der Waals surface area contributed by atoms with Crippen LogP contribution >= 0.6 is 11.8 Å². The first kappa shape index (κ1) is 17.1. The molecular weight excluding hydrogens is 348 g/mol. The Bertz CT molecular complexity index is 871. The van der Waals surface area contributed by atoms with Gasteiger partial charge in [-0.05, 0) is 12.1 Å². The molecule has 0 aliphatic heterocycles. The molecule has 1 heterocycles. The Labute approximate surface area is 146 Å². The molecule has 0 saturated heterocycles. The van der Waals surface area contributed by atoms with Crippen LogP contribution in [0.25, 0.3) is 11.4 Å². The van der Waals surface area contributed by atoms with Crippen LogP contribution in [0.4, 0.5) is 14.5 Å². The van der Waals surface area contributed by atoms with Gasteiger partial charge in [-0.2, -0.15) is 4.98 Å². The van der Waals surface area contributed by atoms with Gasteiger partial charge in [0.25, 0.3) is 0 Å². The smallest absolute Gasteiger partial charge is 0.236 e. The van der Waals surface area contributed by atoms with Crippen molar-refractivity contribution < 1.29 is 18.1 Å². The number of anilines is 1. The number of nitrogens with zero attached hydrogens (tertiary/aromatic N) is 2. The number of hydrogen-bond donors (Lipinski definition) is 1. The summed E-state index contributed by atoms with van der Waals surface area (Å²) in [6, 6.07) is 12.3. The third kappa shape index (κ3) is 4.63. The standard InChI is InChI=1S/C17H13F2N3O2S/c18-12-6-7-14(13(19)8-12)20-15(23)9-25-10-16-21-17(22-24-16)11-4-2-1-3-5-11/h1-8H,9-10H2,(H,20,23). The highest BCUT2D eigenvalue weighted by Gasteiger charge is 2.11. The van der Waals surface area contributed by atoms with E-state index in [-0.39, 0.29) is 11.4 Å². The first-order valence-corrected chi connectivity index (χ1v) is 8.48. The number of benzene rings is 2. The van der Waals surface area contributed by atoms with Crippen molar-refractivity contribution in [3.8, 4) is 11.4 Å². The minimum atomic E-state index is -0.817. The second kappa shape index (κ2) is 7.89. The fourth-order valence-corrected chi connectivity index (χ4v) is 2.68. The number of carbonyl (C=O) groups excluding carboxylic acids is 1. The van der Waals surface area contributed by atoms with E-state index in [1.807, 2.05) is 30.3 Å². The quantitative estimate of drug-likeness (QED) is 0.721. The predicted octanol–water partition coefficient (Wildman–Crippen LogP) is 3.89. The number of aromatic nitrogens is 2. The molecule has 25 heavy (non-hydrogen) atoms. The van der Waals surface area contributed by atoms with Gasteiger partial charge in [-0.1, -0.05) is 35.5 Å². The third-order valence-corrected chi connectivity index (χ3v) is 4.08. The molecule has 0 unspecified atom stereocenters. The highest BCUT2D eigenvalue weighted by atomic mass is 32.2. The molecule has 0 aliphatic rings. The molecular formula is C17H13F2N3O2S. The Balaban J connectivity index is 1.49. The summed E-state index contributed by atoms with van der Waals surface area (Å²) in [7, 11) is 0. The first-order valence-electron chi connectivity index (χ1n) is 7.32. The molecule has 0 spiro atoms. The molecule has 0 saturated carbocycles. The van der Waals surface area contributed by atoms with Crippen LogP contribution in [0.3, 0.4) is 0 Å². The maximum atomic E-state index is 13.5. The lowest BCUT2D eigenvalue weighted by molar-refractivity contribution is -0.113. The summed E-state index contributed by atoms with van der Waals surface area (Å²) >= 11 is 1.25. The summed E-state index contributed by atoms with van der Waals surface area (Å²) in [6.45, 7) is 0. The minimum absolute atomic E-state index is 0.0591. The van der Waals surface area contributed by atoms with Gasteiger partial charge >= 0.3 is 0 Å². The lowest BCUT2D eigenvalue weighted by Crippen LogP contribution is -2.15. The lowest BCUT2D eigenvalue weighted by atomic mass is 10.2. The molecule has 5 nitrogen and oxygen atoms in total. The van der Waals surface area contributed by atoms with E-state index in [4.69, 9.17) is 4.52 Å². The maximum Gasteiger partial charge on any atom is 0.236 e. The van der Waals surface area contributed by atoms with Gasteiger partial charge in [0.2, 0.25) is 17.6 Å². The Morgan fingerprint density at radius 3 is 2.72 bits per heavy atom. The number of hydrogen-bond acceptors (Lipinski definition) is 5. The largest absolute Gasteiger partial charge is 0.338 e. The van der Waals surface area contributed by atoms with Crippen LogP contribution < -0.4 is 5.32 Å². The molecule has 0 fully saturated rings. The van der Waals surface area contributed by atoms with E-state index < -0.39 is 17.5 Å². The van der Waals surface area contributed by atoms with E-state index >= 15 is 0 Å². The van der Waals surface area contributed by atoms with Crippen LogP contribution in [0.15, 0.2) is 53.1 Å². The van der Waals surface area contributed by atoms with E-state index in [2.05, 4.69) is 15.5 Å². The zero-order valence-electron chi connectivity index (χ0n) is 12.9. The summed E-state index contributed by atoms with van der Waals surface area (Å²) in [5.74, 6) is -0.630. The average Bonchev–Trinajstić information content (AvgIpc) is 3.07. The van der Waals surface area contributed by atoms with Crippen LogP contribution in [0.1, 0.15) is 5.89 Å². The Kier molecular flexibility index (Phi) is 5.39. The summed E-state index contributed by atoms with van der Waals surface area (Å²) in [5, 5.41) is 6.27. The SMILES string of the molecule is O=C(CSCc1nc(-c2ccccc2)no1)Nc1ccc(F)cc1F. The van der Waals surface area contributed by atoms with Gasteiger partial charge in [0.15, 0.2) is 0 Å². The molecule has 3 aromatic rings. The van der Waals surface area contributed by atoms with Crippen molar-refractivity contribution in [1.29, 1.82) is 0 Å². The molecule has 1 N–H and O–H groups in total. The fraction of sp³-hybridized carbons (Fsp3) is 0.118. The normalized spacial score (nSPS) is 10.6. The fourth-order valence-electron chi connectivity index (χ4n) is 2.03. The minimum Gasteiger partial charge on any atom is -0.338 e. The topological polar surface area (TPSA) is 68.0 Å². The summed E-state index contributed by atoms with van der Waals surface area (Å²) in [5.41, 5.74) is 0.781. The van der Waals surface area contributed by atoms with Gasteiger partial charge in [-0.25, -0.2) is 8.78 Å². The van der Waals surface area contributed by atoms with Gasteiger partial charge < -0.3 is 9.84 Å². The van der Waals surface area contributed by atoms with Gasteiger partial charge in [0.05, 0.1) is 17.2 Å². The van der Waals surface area contributed by atoms with Crippen LogP contribution in [0.2, 0.25) is 0 Å². The molecule has 1 aromatic heterocycles. The zero-order valence-corrected chi connectivity index (χ0v) is 13.7. The van der Waals surface area contributed by atoms with Crippen molar-refractivity contribution >= 4 is 23.4 Å². The van der Waals surface area contributed by atoms with Crippen molar-refractivity contribution in [2.75, 3.05) is 11.1 Å². The molecule has 1 amide bonds.